The van der Waals surface area contributed by atoms with Crippen molar-refractivity contribution in [3.8, 4) is 11.8 Å². The first-order valence-electron chi connectivity index (χ1n) is 8.26. The van der Waals surface area contributed by atoms with Gasteiger partial charge < -0.3 is 9.15 Å². The fraction of sp³-hybridized carbons (Fsp3) is 0.263. The molecule has 0 aliphatic rings. The van der Waals surface area contributed by atoms with Crippen molar-refractivity contribution >= 4 is 0 Å². The topological polar surface area (TPSA) is 57.3 Å². The molecule has 6 heteroatoms. The zero-order chi connectivity index (χ0) is 17.5. The van der Waals surface area contributed by atoms with Crippen LogP contribution in [0.2, 0.25) is 0 Å². The number of hydrogen-bond donors (Lipinski definition) is 0. The number of benzene rings is 2. The number of aryl methyl sites for hydroxylation is 1. The number of para-hydroxylation sites is 1. The molecule has 0 bridgehead atoms. The van der Waals surface area contributed by atoms with Crippen molar-refractivity contribution in [3.63, 3.8) is 0 Å². The maximum atomic E-state index is 13.7. The molecule has 1 heterocycles. The molecule has 3 aromatic rings. The van der Waals surface area contributed by atoms with Crippen molar-refractivity contribution < 1.29 is 13.5 Å². The van der Waals surface area contributed by atoms with Gasteiger partial charge >= 0.3 is 11.8 Å². The second kappa shape index (κ2) is 8.28. The SMILES string of the molecule is O=c1oc(OCCCCCc2ccccc2)nn1-c1ccccc1F. The van der Waals surface area contributed by atoms with Gasteiger partial charge in [0.15, 0.2) is 0 Å². The van der Waals surface area contributed by atoms with Gasteiger partial charge in [-0.1, -0.05) is 47.6 Å². The maximum absolute atomic E-state index is 13.7. The Bertz CT molecular complexity index is 858. The van der Waals surface area contributed by atoms with Gasteiger partial charge in [-0.05, 0) is 43.4 Å². The van der Waals surface area contributed by atoms with Crippen LogP contribution < -0.4 is 10.5 Å². The van der Waals surface area contributed by atoms with E-state index in [1.54, 1.807) is 6.07 Å². The molecular formula is C19H19FN2O3. The Morgan fingerprint density at radius 3 is 2.56 bits per heavy atom. The average molecular weight is 342 g/mol. The summed E-state index contributed by atoms with van der Waals surface area (Å²) in [6.45, 7) is 0.395. The minimum absolute atomic E-state index is 0.0361. The molecule has 25 heavy (non-hydrogen) atoms. The Balaban J connectivity index is 1.46. The molecule has 0 amide bonds. The maximum Gasteiger partial charge on any atom is 0.444 e. The highest BCUT2D eigenvalue weighted by Crippen LogP contribution is 2.13. The number of nitrogens with zero attached hydrogens (tertiary/aromatic N) is 2. The first-order chi connectivity index (χ1) is 12.2. The Labute approximate surface area is 144 Å². The molecule has 0 atom stereocenters. The van der Waals surface area contributed by atoms with E-state index in [9.17, 15) is 9.18 Å². The molecule has 0 aliphatic carbocycles. The van der Waals surface area contributed by atoms with Crippen LogP contribution in [0, 0.1) is 5.82 Å². The lowest BCUT2D eigenvalue weighted by Gasteiger charge is -2.02. The van der Waals surface area contributed by atoms with Crippen LogP contribution in [0.4, 0.5) is 4.39 Å². The highest BCUT2D eigenvalue weighted by Gasteiger charge is 2.13. The molecule has 0 saturated carbocycles. The van der Waals surface area contributed by atoms with Gasteiger partial charge in [-0.25, -0.2) is 9.18 Å². The fourth-order valence-electron chi connectivity index (χ4n) is 2.51. The van der Waals surface area contributed by atoms with Crippen molar-refractivity contribution in [3.05, 3.63) is 76.5 Å². The lowest BCUT2D eigenvalue weighted by atomic mass is 10.1. The quantitative estimate of drug-likeness (QED) is 0.585. The van der Waals surface area contributed by atoms with Gasteiger partial charge in [0.05, 0.1) is 6.61 Å². The van der Waals surface area contributed by atoms with Gasteiger partial charge in [-0.2, -0.15) is 4.68 Å². The average Bonchev–Trinajstić information content (AvgIpc) is 3.00. The number of rotatable bonds is 8. The molecule has 2 aromatic carbocycles. The zero-order valence-electron chi connectivity index (χ0n) is 13.7. The third-order valence-electron chi connectivity index (χ3n) is 3.79. The van der Waals surface area contributed by atoms with E-state index in [1.165, 1.54) is 23.8 Å². The highest BCUT2D eigenvalue weighted by atomic mass is 19.1. The minimum Gasteiger partial charge on any atom is -0.449 e. The normalized spacial score (nSPS) is 10.8. The van der Waals surface area contributed by atoms with Crippen LogP contribution in [0.3, 0.4) is 0 Å². The first kappa shape index (κ1) is 17.0. The van der Waals surface area contributed by atoms with E-state index < -0.39 is 11.6 Å². The van der Waals surface area contributed by atoms with Crippen LogP contribution in [-0.4, -0.2) is 16.4 Å². The summed E-state index contributed by atoms with van der Waals surface area (Å²) in [4.78, 5) is 11.8. The molecule has 5 nitrogen and oxygen atoms in total. The summed E-state index contributed by atoms with van der Waals surface area (Å²) in [7, 11) is 0. The standard InChI is InChI=1S/C19H19FN2O3/c20-16-12-6-7-13-17(16)22-19(23)25-18(21-22)24-14-8-2-5-11-15-9-3-1-4-10-15/h1,3-4,6-7,9-10,12-13H,2,5,8,11,14H2. The van der Waals surface area contributed by atoms with E-state index in [1.807, 2.05) is 18.2 Å². The Kier molecular flexibility index (Phi) is 5.61. The first-order valence-corrected chi connectivity index (χ1v) is 8.26. The summed E-state index contributed by atoms with van der Waals surface area (Å²) in [5.41, 5.74) is 1.35. The smallest absolute Gasteiger partial charge is 0.444 e. The molecule has 0 N–H and O–H groups in total. The highest BCUT2D eigenvalue weighted by molar-refractivity contribution is 5.31. The van der Waals surface area contributed by atoms with E-state index >= 15 is 0 Å². The summed E-state index contributed by atoms with van der Waals surface area (Å²) in [5, 5.41) is 3.88. The van der Waals surface area contributed by atoms with Gasteiger partial charge in [0.1, 0.15) is 11.5 Å². The van der Waals surface area contributed by atoms with Crippen LogP contribution in [0.1, 0.15) is 24.8 Å². The van der Waals surface area contributed by atoms with Crippen molar-refractivity contribution in [2.24, 2.45) is 0 Å². The van der Waals surface area contributed by atoms with Crippen LogP contribution >= 0.6 is 0 Å². The lowest BCUT2D eigenvalue weighted by molar-refractivity contribution is 0.219. The molecule has 0 fully saturated rings. The minimum atomic E-state index is -0.774. The molecule has 0 spiro atoms. The van der Waals surface area contributed by atoms with Crippen LogP contribution in [0.5, 0.6) is 6.08 Å². The molecular weight excluding hydrogens is 323 g/mol. The molecule has 0 unspecified atom stereocenters. The van der Waals surface area contributed by atoms with E-state index in [2.05, 4.69) is 17.2 Å². The Hall–Kier alpha value is -2.89. The van der Waals surface area contributed by atoms with Crippen LogP contribution in [0.25, 0.3) is 5.69 Å². The van der Waals surface area contributed by atoms with Crippen molar-refractivity contribution in [2.45, 2.75) is 25.7 Å². The zero-order valence-corrected chi connectivity index (χ0v) is 13.7. The summed E-state index contributed by atoms with van der Waals surface area (Å²) in [5.74, 6) is -1.32. The van der Waals surface area contributed by atoms with Gasteiger partial charge in [-0.15, -0.1) is 0 Å². The molecule has 1 aromatic heterocycles. The fourth-order valence-corrected chi connectivity index (χ4v) is 2.51. The predicted molar refractivity (Wildman–Crippen MR) is 91.6 cm³/mol. The summed E-state index contributed by atoms with van der Waals surface area (Å²) >= 11 is 0. The van der Waals surface area contributed by atoms with Gasteiger partial charge in [0.2, 0.25) is 0 Å². The molecule has 3 rings (SSSR count). The molecule has 0 radical (unpaired) electrons. The largest absolute Gasteiger partial charge is 0.449 e. The van der Waals surface area contributed by atoms with E-state index in [-0.39, 0.29) is 11.8 Å². The van der Waals surface area contributed by atoms with Crippen molar-refractivity contribution in [1.82, 2.24) is 9.78 Å². The van der Waals surface area contributed by atoms with E-state index in [0.29, 0.717) is 6.61 Å². The molecule has 0 saturated heterocycles. The van der Waals surface area contributed by atoms with Gasteiger partial charge in [0, 0.05) is 0 Å². The van der Waals surface area contributed by atoms with Gasteiger partial charge in [-0.3, -0.25) is 0 Å². The number of halogens is 1. The number of unbranched alkanes of at least 4 members (excludes halogenated alkanes) is 2. The third kappa shape index (κ3) is 4.56. The number of aromatic nitrogens is 2. The molecule has 0 aliphatic heterocycles. The van der Waals surface area contributed by atoms with Crippen molar-refractivity contribution in [1.29, 1.82) is 0 Å². The monoisotopic (exact) mass is 342 g/mol. The van der Waals surface area contributed by atoms with Crippen LogP contribution in [-0.2, 0) is 6.42 Å². The Morgan fingerprint density at radius 1 is 1.00 bits per heavy atom. The summed E-state index contributed by atoms with van der Waals surface area (Å²) < 4.78 is 24.8. The molecule has 130 valence electrons. The number of hydrogen-bond acceptors (Lipinski definition) is 4. The van der Waals surface area contributed by atoms with E-state index in [4.69, 9.17) is 9.15 Å². The van der Waals surface area contributed by atoms with Crippen LogP contribution in [0.15, 0.2) is 63.8 Å². The summed E-state index contributed by atoms with van der Waals surface area (Å²) in [6.07, 6.45) is 3.76. The second-order valence-corrected chi connectivity index (χ2v) is 5.64. The lowest BCUT2D eigenvalue weighted by Crippen LogP contribution is -2.14. The van der Waals surface area contributed by atoms with Gasteiger partial charge in [0.25, 0.3) is 0 Å². The van der Waals surface area contributed by atoms with E-state index in [0.717, 1.165) is 30.4 Å². The predicted octanol–water partition coefficient (Wildman–Crippen LogP) is 3.76. The second-order valence-electron chi connectivity index (χ2n) is 5.64. The summed E-state index contributed by atoms with van der Waals surface area (Å²) in [6, 6.07) is 16.2. The third-order valence-corrected chi connectivity index (χ3v) is 3.79. The number of ether oxygens (including phenoxy) is 1. The Morgan fingerprint density at radius 2 is 1.76 bits per heavy atom. The van der Waals surface area contributed by atoms with Crippen molar-refractivity contribution in [2.75, 3.05) is 6.61 Å².